The molecule has 39 heavy (non-hydrogen) atoms. The summed E-state index contributed by atoms with van der Waals surface area (Å²) < 4.78 is 1.31. The van der Waals surface area contributed by atoms with Crippen molar-refractivity contribution in [2.45, 2.75) is 111 Å². The molecule has 0 nitrogen and oxygen atoms in total. The van der Waals surface area contributed by atoms with E-state index in [1.54, 1.807) is 21.8 Å². The van der Waals surface area contributed by atoms with Gasteiger partial charge in [-0.1, -0.05) is 0 Å². The van der Waals surface area contributed by atoms with Crippen molar-refractivity contribution in [3.05, 3.63) is 81.4 Å². The summed E-state index contributed by atoms with van der Waals surface area (Å²) in [4.78, 5) is 0. The third kappa shape index (κ3) is 7.43. The van der Waals surface area contributed by atoms with Crippen molar-refractivity contribution in [3.63, 3.8) is 0 Å². The van der Waals surface area contributed by atoms with Gasteiger partial charge in [-0.25, -0.2) is 0 Å². The van der Waals surface area contributed by atoms with E-state index in [4.69, 9.17) is 0 Å². The third-order valence-electron chi connectivity index (χ3n) is 7.35. The summed E-state index contributed by atoms with van der Waals surface area (Å²) in [7, 11) is -0.605. The Kier molecular flexibility index (Phi) is 11.3. The second kappa shape index (κ2) is 12.5. The molecule has 2 atom stereocenters. The Morgan fingerprint density at radius 3 is 1.05 bits per heavy atom. The molecule has 0 radical (unpaired) electrons. The first-order chi connectivity index (χ1) is 16.9. The normalized spacial score (nSPS) is 19.0. The zero-order valence-electron chi connectivity index (χ0n) is 26.1. The molecule has 0 saturated carbocycles. The van der Waals surface area contributed by atoms with E-state index < -0.39 is 23.2 Å². The maximum absolute atomic E-state index is 2.64. The number of halogens is 2. The summed E-state index contributed by atoms with van der Waals surface area (Å²) in [5, 5.41) is 4.73. The average molecular weight is 681 g/mol. The van der Waals surface area contributed by atoms with Crippen LogP contribution in [0.2, 0.25) is 0 Å². The van der Waals surface area contributed by atoms with Crippen LogP contribution in [0.4, 0.5) is 0 Å². The van der Waals surface area contributed by atoms with Gasteiger partial charge in [0.15, 0.2) is 0 Å². The Morgan fingerprint density at radius 1 is 0.487 bits per heavy atom. The predicted molar refractivity (Wildman–Crippen MR) is 167 cm³/mol. The molecule has 2 aromatic carbocycles. The molecule has 2 aliphatic carbocycles. The van der Waals surface area contributed by atoms with E-state index in [1.165, 1.54) is 11.1 Å². The fourth-order valence-corrected chi connectivity index (χ4v) is 22.6. The molecule has 4 rings (SSSR count). The number of allylic oxidation sites excluding steroid dienone is 2. The number of rotatable bonds is 4. The zero-order valence-corrected chi connectivity index (χ0v) is 31.8. The second-order valence-corrected chi connectivity index (χ2v) is 26.2. The van der Waals surface area contributed by atoms with Crippen LogP contribution in [0.3, 0.4) is 0 Å². The maximum atomic E-state index is 2.64. The van der Waals surface area contributed by atoms with Crippen LogP contribution in [0.25, 0.3) is 12.2 Å². The minimum absolute atomic E-state index is 0. The van der Waals surface area contributed by atoms with Crippen LogP contribution >= 0.6 is 15.8 Å². The Hall–Kier alpha value is 0.243. The number of hydrogen-bond donors (Lipinski definition) is 0. The first kappa shape index (κ1) is 35.4. The first-order valence-corrected chi connectivity index (χ1v) is 19.4. The molecule has 0 heterocycles. The molecule has 5 heteroatoms. The van der Waals surface area contributed by atoms with Gasteiger partial charge in [0.1, 0.15) is 0 Å². The van der Waals surface area contributed by atoms with E-state index in [-0.39, 0.29) is 61.3 Å². The standard InChI is InChI=1S/2C17H24P.2ClH.Zr/c2*1-16(2,3)18(17(4,5)6)15-11-13-9-7-8-10-14(13)12-15;;;/h2*7-12H,1-6H3;2*1H;/q;;;;+2/p-2. The van der Waals surface area contributed by atoms with Crippen molar-refractivity contribution in [1.82, 2.24) is 0 Å². The van der Waals surface area contributed by atoms with Crippen LogP contribution in [-0.4, -0.2) is 20.6 Å². The van der Waals surface area contributed by atoms with E-state index in [1.807, 2.05) is 0 Å². The number of benzene rings is 2. The monoisotopic (exact) mass is 678 g/mol. The summed E-state index contributed by atoms with van der Waals surface area (Å²) in [6, 6.07) is 18.7. The minimum Gasteiger partial charge on any atom is -1.00 e. The van der Waals surface area contributed by atoms with Gasteiger partial charge in [0, 0.05) is 0 Å². The molecule has 0 fully saturated rings. The Morgan fingerprint density at radius 2 is 0.769 bits per heavy atom. The van der Waals surface area contributed by atoms with Gasteiger partial charge < -0.3 is 24.8 Å². The smallest absolute Gasteiger partial charge is 1.00 e. The molecule has 0 aromatic heterocycles. The maximum Gasteiger partial charge on any atom is -1.00 e. The van der Waals surface area contributed by atoms with Gasteiger partial charge in [0.05, 0.1) is 0 Å². The fourth-order valence-electron chi connectivity index (χ4n) is 7.08. The summed E-state index contributed by atoms with van der Waals surface area (Å²) in [6.07, 6.45) is 5.28. The van der Waals surface area contributed by atoms with Gasteiger partial charge in [-0.15, -0.1) is 0 Å². The Labute approximate surface area is 266 Å². The summed E-state index contributed by atoms with van der Waals surface area (Å²) in [5.41, 5.74) is 6.25. The van der Waals surface area contributed by atoms with Crippen molar-refractivity contribution in [2.75, 3.05) is 0 Å². The van der Waals surface area contributed by atoms with Crippen LogP contribution in [0.1, 0.15) is 113 Å². The van der Waals surface area contributed by atoms with Crippen LogP contribution in [0.15, 0.2) is 59.2 Å². The molecular weight excluding hydrogens is 632 g/mol. The van der Waals surface area contributed by atoms with Crippen molar-refractivity contribution < 1.29 is 48.0 Å². The van der Waals surface area contributed by atoms with Gasteiger partial charge >= 0.3 is 244 Å². The molecule has 212 valence electrons. The van der Waals surface area contributed by atoms with Crippen molar-refractivity contribution in [1.29, 1.82) is 0 Å². The van der Waals surface area contributed by atoms with Crippen LogP contribution in [-0.2, 0) is 23.2 Å². The van der Waals surface area contributed by atoms with Crippen molar-refractivity contribution >= 4 is 28.0 Å². The number of hydrogen-bond acceptors (Lipinski definition) is 0. The van der Waals surface area contributed by atoms with Crippen LogP contribution in [0, 0.1) is 0 Å². The van der Waals surface area contributed by atoms with Gasteiger partial charge in [-0.2, -0.15) is 0 Å². The first-order valence-electron chi connectivity index (χ1n) is 13.9. The SMILES string of the molecule is CC(C)(C)P(C1=Cc2ccccc2[CH]1[Zr+2][CH]1C(P(C(C)(C)C)C(C)(C)C)=Cc2ccccc21)C(C)(C)C.[Cl-].[Cl-]. The molecule has 0 bridgehead atoms. The second-order valence-electron chi connectivity index (χ2n) is 14.8. The predicted octanol–water partition coefficient (Wildman–Crippen LogP) is 5.43. The molecule has 0 aliphatic heterocycles. The molecule has 2 aliphatic rings. The van der Waals surface area contributed by atoms with E-state index in [2.05, 4.69) is 144 Å². The largest absolute Gasteiger partial charge is 1.00 e. The van der Waals surface area contributed by atoms with Crippen molar-refractivity contribution in [2.24, 2.45) is 0 Å². The number of fused-ring (bicyclic) bond motifs is 2. The van der Waals surface area contributed by atoms with E-state index in [0.29, 0.717) is 7.25 Å². The van der Waals surface area contributed by atoms with Gasteiger partial charge in [-0.05, 0) is 0 Å². The topological polar surface area (TPSA) is 0 Å². The van der Waals surface area contributed by atoms with E-state index >= 15 is 0 Å². The zero-order chi connectivity index (χ0) is 27.6. The third-order valence-corrected chi connectivity index (χ3v) is 20.4. The molecule has 2 unspecified atom stereocenters. The minimum atomic E-state index is -0.962. The van der Waals surface area contributed by atoms with Crippen LogP contribution < -0.4 is 24.8 Å². The van der Waals surface area contributed by atoms with Gasteiger partial charge in [0.2, 0.25) is 0 Å². The fraction of sp³-hybridized carbons (Fsp3) is 0.529. The summed E-state index contributed by atoms with van der Waals surface area (Å²) in [5.74, 6) is 0. The molecule has 0 N–H and O–H groups in total. The van der Waals surface area contributed by atoms with E-state index in [9.17, 15) is 0 Å². The molecule has 0 amide bonds. The quantitative estimate of drug-likeness (QED) is 0.379. The Balaban J connectivity index is 0.00000267. The molecule has 0 saturated heterocycles. The van der Waals surface area contributed by atoms with E-state index in [0.717, 1.165) is 0 Å². The molecular formula is C34H48Cl2P2Zr. The average Bonchev–Trinajstić information content (AvgIpc) is 3.23. The molecule has 0 spiro atoms. The summed E-state index contributed by atoms with van der Waals surface area (Å²) in [6.45, 7) is 29.9. The summed E-state index contributed by atoms with van der Waals surface area (Å²) >= 11 is -0.962. The molecule has 2 aromatic rings. The van der Waals surface area contributed by atoms with Gasteiger partial charge in [-0.3, -0.25) is 0 Å². The van der Waals surface area contributed by atoms with Gasteiger partial charge in [0.25, 0.3) is 0 Å². The van der Waals surface area contributed by atoms with Crippen LogP contribution in [0.5, 0.6) is 0 Å². The van der Waals surface area contributed by atoms with Crippen molar-refractivity contribution in [3.8, 4) is 0 Å². The Bertz CT molecular complexity index is 1100.